The van der Waals surface area contributed by atoms with Crippen molar-refractivity contribution >= 4 is 6.08 Å². The zero-order valence-electron chi connectivity index (χ0n) is 7.33. The quantitative estimate of drug-likeness (QED) is 0.518. The molecule has 0 heterocycles. The van der Waals surface area contributed by atoms with E-state index in [-0.39, 0.29) is 6.54 Å². The molecule has 68 valence electrons. The van der Waals surface area contributed by atoms with Crippen molar-refractivity contribution < 1.29 is 9.18 Å². The summed E-state index contributed by atoms with van der Waals surface area (Å²) >= 11 is 0. The molecule has 0 amide bonds. The Morgan fingerprint density at radius 1 is 1.62 bits per heavy atom. The summed E-state index contributed by atoms with van der Waals surface area (Å²) in [6.07, 6.45) is 0.460. The molecule has 0 saturated heterocycles. The summed E-state index contributed by atoms with van der Waals surface area (Å²) in [6, 6.07) is 6.96. The van der Waals surface area contributed by atoms with Crippen LogP contribution in [-0.2, 0) is 11.3 Å². The van der Waals surface area contributed by atoms with Gasteiger partial charge in [0.15, 0.2) is 0 Å². The summed E-state index contributed by atoms with van der Waals surface area (Å²) in [5.74, 6) is 0. The van der Waals surface area contributed by atoms with Gasteiger partial charge in [-0.2, -0.15) is 0 Å². The van der Waals surface area contributed by atoms with Gasteiger partial charge >= 0.3 is 0 Å². The molecule has 1 aromatic rings. The van der Waals surface area contributed by atoms with Crippen LogP contribution in [0.1, 0.15) is 24.2 Å². The highest BCUT2D eigenvalue weighted by Gasteiger charge is 2.02. The van der Waals surface area contributed by atoms with Gasteiger partial charge in [-0.3, -0.25) is 0 Å². The van der Waals surface area contributed by atoms with Gasteiger partial charge in [-0.15, -0.1) is 0 Å². The SMILES string of the molecule is CC(F)c1cccc(CN=C=O)c1. The van der Waals surface area contributed by atoms with Crippen LogP contribution in [0.3, 0.4) is 0 Å². The van der Waals surface area contributed by atoms with Gasteiger partial charge in [0.2, 0.25) is 6.08 Å². The molecule has 0 aromatic heterocycles. The molecule has 0 saturated carbocycles. The van der Waals surface area contributed by atoms with Gasteiger partial charge in [0.25, 0.3) is 0 Å². The molecule has 0 aliphatic carbocycles. The van der Waals surface area contributed by atoms with Gasteiger partial charge in [-0.25, -0.2) is 14.2 Å². The van der Waals surface area contributed by atoms with Gasteiger partial charge in [0.1, 0.15) is 6.17 Å². The summed E-state index contributed by atoms with van der Waals surface area (Å²) in [4.78, 5) is 13.2. The number of alkyl halides is 1. The van der Waals surface area contributed by atoms with E-state index in [1.54, 1.807) is 24.3 Å². The molecule has 13 heavy (non-hydrogen) atoms. The van der Waals surface area contributed by atoms with Crippen molar-refractivity contribution in [1.82, 2.24) is 0 Å². The average Bonchev–Trinajstić information content (AvgIpc) is 2.15. The summed E-state index contributed by atoms with van der Waals surface area (Å²) in [5, 5.41) is 0. The Hall–Kier alpha value is -1.47. The maximum absolute atomic E-state index is 12.8. The van der Waals surface area contributed by atoms with Crippen LogP contribution in [0.5, 0.6) is 0 Å². The second-order valence-corrected chi connectivity index (χ2v) is 2.77. The van der Waals surface area contributed by atoms with Gasteiger partial charge in [-0.1, -0.05) is 24.3 Å². The van der Waals surface area contributed by atoms with E-state index < -0.39 is 6.17 Å². The fourth-order valence-electron chi connectivity index (χ4n) is 1.06. The fourth-order valence-corrected chi connectivity index (χ4v) is 1.06. The molecule has 2 nitrogen and oxygen atoms in total. The topological polar surface area (TPSA) is 29.4 Å². The van der Waals surface area contributed by atoms with E-state index >= 15 is 0 Å². The zero-order chi connectivity index (χ0) is 9.68. The molecule has 0 N–H and O–H groups in total. The van der Waals surface area contributed by atoms with Gasteiger partial charge in [0.05, 0.1) is 6.54 Å². The molecule has 1 aromatic carbocycles. The fraction of sp³-hybridized carbons (Fsp3) is 0.300. The molecule has 1 unspecified atom stereocenters. The average molecular weight is 179 g/mol. The van der Waals surface area contributed by atoms with Crippen LogP contribution < -0.4 is 0 Å². The van der Waals surface area contributed by atoms with Crippen molar-refractivity contribution in [3.05, 3.63) is 35.4 Å². The lowest BCUT2D eigenvalue weighted by Crippen LogP contribution is -1.88. The minimum absolute atomic E-state index is 0.268. The molecule has 0 radical (unpaired) electrons. The molecular formula is C10H10FNO. The van der Waals surface area contributed by atoms with Gasteiger partial charge < -0.3 is 0 Å². The number of rotatable bonds is 3. The minimum Gasteiger partial charge on any atom is -0.243 e. The highest BCUT2D eigenvalue weighted by atomic mass is 19.1. The van der Waals surface area contributed by atoms with Crippen LogP contribution in [0, 0.1) is 0 Å². The number of hydrogen-bond donors (Lipinski definition) is 0. The Balaban J connectivity index is 2.85. The third-order valence-electron chi connectivity index (χ3n) is 1.74. The largest absolute Gasteiger partial charge is 0.243 e. The van der Waals surface area contributed by atoms with Crippen LogP contribution in [-0.4, -0.2) is 6.08 Å². The normalized spacial score (nSPS) is 11.8. The summed E-state index contributed by atoms with van der Waals surface area (Å²) in [6.45, 7) is 1.74. The van der Waals surface area contributed by atoms with Crippen LogP contribution in [0.2, 0.25) is 0 Å². The van der Waals surface area contributed by atoms with E-state index in [4.69, 9.17) is 0 Å². The standard InChI is InChI=1S/C10H10FNO/c1-8(11)10-4-2-3-9(5-10)6-12-7-13/h2-5,8H,6H2,1H3. The Kier molecular flexibility index (Phi) is 3.35. The molecule has 0 bridgehead atoms. The first kappa shape index (κ1) is 9.62. The number of nitrogens with zero attached hydrogens (tertiary/aromatic N) is 1. The van der Waals surface area contributed by atoms with E-state index in [1.807, 2.05) is 0 Å². The lowest BCUT2D eigenvalue weighted by Gasteiger charge is -2.03. The van der Waals surface area contributed by atoms with E-state index in [1.165, 1.54) is 13.0 Å². The highest BCUT2D eigenvalue weighted by Crippen LogP contribution is 2.17. The zero-order valence-corrected chi connectivity index (χ0v) is 7.33. The number of hydrogen-bond acceptors (Lipinski definition) is 2. The molecule has 1 atom stereocenters. The van der Waals surface area contributed by atoms with Crippen LogP contribution >= 0.6 is 0 Å². The Bertz CT molecular complexity index is 329. The van der Waals surface area contributed by atoms with E-state index in [2.05, 4.69) is 4.99 Å². The van der Waals surface area contributed by atoms with Crippen LogP contribution in [0.25, 0.3) is 0 Å². The molecule has 0 fully saturated rings. The first-order chi connectivity index (χ1) is 6.24. The summed E-state index contributed by atoms with van der Waals surface area (Å²) in [5.41, 5.74) is 1.43. The first-order valence-corrected chi connectivity index (χ1v) is 4.00. The van der Waals surface area contributed by atoms with Crippen LogP contribution in [0.4, 0.5) is 4.39 Å². The third-order valence-corrected chi connectivity index (χ3v) is 1.74. The van der Waals surface area contributed by atoms with Gasteiger partial charge in [0, 0.05) is 0 Å². The maximum Gasteiger partial charge on any atom is 0.235 e. The second-order valence-electron chi connectivity index (χ2n) is 2.77. The Labute approximate surface area is 76.1 Å². The molecule has 0 spiro atoms. The first-order valence-electron chi connectivity index (χ1n) is 4.00. The number of isocyanates is 1. The van der Waals surface area contributed by atoms with E-state index in [0.29, 0.717) is 5.56 Å². The molecular weight excluding hydrogens is 169 g/mol. The lowest BCUT2D eigenvalue weighted by atomic mass is 10.1. The molecule has 0 aliphatic rings. The lowest BCUT2D eigenvalue weighted by molar-refractivity contribution is 0.374. The van der Waals surface area contributed by atoms with Crippen LogP contribution in [0.15, 0.2) is 29.3 Å². The summed E-state index contributed by atoms with van der Waals surface area (Å²) in [7, 11) is 0. The Morgan fingerprint density at radius 2 is 2.38 bits per heavy atom. The molecule has 3 heteroatoms. The second kappa shape index (κ2) is 4.53. The van der Waals surface area contributed by atoms with Crippen molar-refractivity contribution in [2.75, 3.05) is 0 Å². The van der Waals surface area contributed by atoms with Gasteiger partial charge in [-0.05, 0) is 18.1 Å². The maximum atomic E-state index is 12.8. The van der Waals surface area contributed by atoms with Crippen molar-refractivity contribution in [2.45, 2.75) is 19.6 Å². The van der Waals surface area contributed by atoms with Crippen molar-refractivity contribution in [3.63, 3.8) is 0 Å². The predicted molar refractivity (Wildman–Crippen MR) is 47.8 cm³/mol. The molecule has 1 rings (SSSR count). The minimum atomic E-state index is -0.986. The number of halogens is 1. The smallest absolute Gasteiger partial charge is 0.235 e. The van der Waals surface area contributed by atoms with E-state index in [0.717, 1.165) is 5.56 Å². The number of aliphatic imine (C=N–C) groups is 1. The van der Waals surface area contributed by atoms with Crippen molar-refractivity contribution in [3.8, 4) is 0 Å². The number of carbonyl (C=O) groups excluding carboxylic acids is 1. The third kappa shape index (κ3) is 2.80. The van der Waals surface area contributed by atoms with Crippen molar-refractivity contribution in [2.24, 2.45) is 4.99 Å². The van der Waals surface area contributed by atoms with Crippen molar-refractivity contribution in [1.29, 1.82) is 0 Å². The molecule has 0 aliphatic heterocycles. The number of benzene rings is 1. The summed E-state index contributed by atoms with van der Waals surface area (Å²) < 4.78 is 12.8. The van der Waals surface area contributed by atoms with E-state index in [9.17, 15) is 9.18 Å². The monoisotopic (exact) mass is 179 g/mol. The predicted octanol–water partition coefficient (Wildman–Crippen LogP) is 2.55. The Morgan fingerprint density at radius 3 is 3.00 bits per heavy atom. The highest BCUT2D eigenvalue weighted by molar-refractivity contribution is 5.34.